The molecule has 0 bridgehead atoms. The monoisotopic (exact) mass is 354 g/mol. The zero-order valence-corrected chi connectivity index (χ0v) is 14.6. The maximum atomic E-state index is 11.5. The number of carbonyl (C=O) groups is 1. The summed E-state index contributed by atoms with van der Waals surface area (Å²) in [5, 5.41) is 3.21. The largest absolute Gasteiger partial charge is 0.356 e. The quantitative estimate of drug-likeness (QED) is 0.649. The van der Waals surface area contributed by atoms with Gasteiger partial charge in [0.05, 0.1) is 0 Å². The molecule has 0 saturated heterocycles. The van der Waals surface area contributed by atoms with Crippen LogP contribution in [0.15, 0.2) is 33.7 Å². The molecule has 5 nitrogen and oxygen atoms in total. The van der Waals surface area contributed by atoms with Crippen LogP contribution < -0.4 is 5.32 Å². The molecule has 0 heterocycles. The standard InChI is InChI=1S/C15H23BrN4O/c1-17-15(18-10-9-14(21)19(2)3)20(4)11-12-5-7-13(16)8-6-12/h5-8H,9-11H2,1-4H3,(H,17,18). The summed E-state index contributed by atoms with van der Waals surface area (Å²) < 4.78 is 1.07. The Morgan fingerprint density at radius 2 is 1.86 bits per heavy atom. The van der Waals surface area contributed by atoms with Crippen LogP contribution in [0.2, 0.25) is 0 Å². The van der Waals surface area contributed by atoms with Crippen LogP contribution in [-0.4, -0.2) is 56.4 Å². The minimum absolute atomic E-state index is 0.105. The van der Waals surface area contributed by atoms with Crippen molar-refractivity contribution in [1.29, 1.82) is 0 Å². The number of halogens is 1. The van der Waals surface area contributed by atoms with E-state index in [0.717, 1.165) is 17.0 Å². The summed E-state index contributed by atoms with van der Waals surface area (Å²) >= 11 is 3.43. The van der Waals surface area contributed by atoms with Gasteiger partial charge in [0.15, 0.2) is 5.96 Å². The van der Waals surface area contributed by atoms with Crippen LogP contribution in [0.1, 0.15) is 12.0 Å². The molecule has 0 unspecified atom stereocenters. The van der Waals surface area contributed by atoms with E-state index in [-0.39, 0.29) is 5.91 Å². The Bertz CT molecular complexity index is 485. The number of guanidine groups is 1. The highest BCUT2D eigenvalue weighted by molar-refractivity contribution is 9.10. The van der Waals surface area contributed by atoms with Crippen LogP contribution in [-0.2, 0) is 11.3 Å². The number of aliphatic imine (C=N–C) groups is 1. The van der Waals surface area contributed by atoms with Gasteiger partial charge in [-0.1, -0.05) is 28.1 Å². The molecule has 0 radical (unpaired) electrons. The highest BCUT2D eigenvalue weighted by atomic mass is 79.9. The topological polar surface area (TPSA) is 47.9 Å². The molecule has 0 aromatic heterocycles. The second kappa shape index (κ2) is 8.67. The number of hydrogen-bond acceptors (Lipinski definition) is 2. The van der Waals surface area contributed by atoms with Crippen molar-refractivity contribution in [3.63, 3.8) is 0 Å². The van der Waals surface area contributed by atoms with E-state index < -0.39 is 0 Å². The third-order valence-electron chi connectivity index (χ3n) is 3.03. The Labute approximate surface area is 135 Å². The van der Waals surface area contributed by atoms with Crippen LogP contribution in [0.25, 0.3) is 0 Å². The Kier molecular flexibility index (Phi) is 7.22. The summed E-state index contributed by atoms with van der Waals surface area (Å²) in [5.41, 5.74) is 1.20. The smallest absolute Gasteiger partial charge is 0.223 e. The van der Waals surface area contributed by atoms with Gasteiger partial charge in [0.25, 0.3) is 0 Å². The van der Waals surface area contributed by atoms with E-state index in [2.05, 4.69) is 38.4 Å². The molecule has 6 heteroatoms. The molecular weight excluding hydrogens is 332 g/mol. The van der Waals surface area contributed by atoms with Gasteiger partial charge in [-0.3, -0.25) is 9.79 Å². The van der Waals surface area contributed by atoms with E-state index in [1.165, 1.54) is 5.56 Å². The molecule has 0 atom stereocenters. The first-order chi connectivity index (χ1) is 9.93. The van der Waals surface area contributed by atoms with E-state index in [9.17, 15) is 4.79 Å². The van der Waals surface area contributed by atoms with Gasteiger partial charge in [-0.2, -0.15) is 0 Å². The van der Waals surface area contributed by atoms with Crippen molar-refractivity contribution in [3.05, 3.63) is 34.3 Å². The molecule has 1 aromatic carbocycles. The molecule has 1 amide bonds. The molecule has 21 heavy (non-hydrogen) atoms. The lowest BCUT2D eigenvalue weighted by Crippen LogP contribution is -2.40. The van der Waals surface area contributed by atoms with Gasteiger partial charge in [-0.25, -0.2) is 0 Å². The highest BCUT2D eigenvalue weighted by Crippen LogP contribution is 2.11. The Morgan fingerprint density at radius 3 is 2.38 bits per heavy atom. The van der Waals surface area contributed by atoms with Gasteiger partial charge in [-0.15, -0.1) is 0 Å². The zero-order valence-electron chi connectivity index (χ0n) is 13.1. The minimum Gasteiger partial charge on any atom is -0.356 e. The zero-order chi connectivity index (χ0) is 15.8. The molecule has 0 aliphatic rings. The van der Waals surface area contributed by atoms with Gasteiger partial charge in [0.2, 0.25) is 5.91 Å². The molecule has 1 aromatic rings. The van der Waals surface area contributed by atoms with Crippen LogP contribution in [0.3, 0.4) is 0 Å². The average Bonchev–Trinajstić information content (AvgIpc) is 2.45. The molecular formula is C15H23BrN4O. The van der Waals surface area contributed by atoms with E-state index in [1.807, 2.05) is 24.1 Å². The van der Waals surface area contributed by atoms with Gasteiger partial charge in [-0.05, 0) is 17.7 Å². The van der Waals surface area contributed by atoms with E-state index >= 15 is 0 Å². The fourth-order valence-electron chi connectivity index (χ4n) is 1.83. The average molecular weight is 355 g/mol. The molecule has 1 rings (SSSR count). The van der Waals surface area contributed by atoms with Crippen LogP contribution >= 0.6 is 15.9 Å². The van der Waals surface area contributed by atoms with Crippen molar-refractivity contribution in [2.45, 2.75) is 13.0 Å². The summed E-state index contributed by atoms with van der Waals surface area (Å²) in [4.78, 5) is 19.4. The van der Waals surface area contributed by atoms with E-state index in [4.69, 9.17) is 0 Å². The fourth-order valence-corrected chi connectivity index (χ4v) is 2.09. The fraction of sp³-hybridized carbons (Fsp3) is 0.467. The van der Waals surface area contributed by atoms with Gasteiger partial charge < -0.3 is 15.1 Å². The number of carbonyl (C=O) groups excluding carboxylic acids is 1. The molecule has 0 spiro atoms. The Hall–Kier alpha value is -1.56. The maximum absolute atomic E-state index is 11.5. The van der Waals surface area contributed by atoms with Crippen molar-refractivity contribution >= 4 is 27.8 Å². The maximum Gasteiger partial charge on any atom is 0.223 e. The first-order valence-electron chi connectivity index (χ1n) is 6.80. The summed E-state index contributed by atoms with van der Waals surface area (Å²) in [6, 6.07) is 8.19. The van der Waals surface area contributed by atoms with E-state index in [0.29, 0.717) is 13.0 Å². The SMILES string of the molecule is CN=C(NCCC(=O)N(C)C)N(C)Cc1ccc(Br)cc1. The molecule has 1 N–H and O–H groups in total. The first kappa shape index (κ1) is 17.5. The summed E-state index contributed by atoms with van der Waals surface area (Å²) in [7, 11) is 7.24. The number of rotatable bonds is 5. The Balaban J connectivity index is 2.48. The lowest BCUT2D eigenvalue weighted by atomic mass is 10.2. The number of nitrogens with zero attached hydrogens (tertiary/aromatic N) is 3. The van der Waals surface area contributed by atoms with Crippen molar-refractivity contribution in [1.82, 2.24) is 15.1 Å². The van der Waals surface area contributed by atoms with Crippen molar-refractivity contribution in [3.8, 4) is 0 Å². The summed E-state index contributed by atoms with van der Waals surface area (Å²) in [6.45, 7) is 1.34. The number of amides is 1. The second-order valence-corrected chi connectivity index (χ2v) is 5.91. The third-order valence-corrected chi connectivity index (χ3v) is 3.56. The van der Waals surface area contributed by atoms with Crippen molar-refractivity contribution in [2.75, 3.05) is 34.7 Å². The van der Waals surface area contributed by atoms with Crippen molar-refractivity contribution in [2.24, 2.45) is 4.99 Å². The number of hydrogen-bond donors (Lipinski definition) is 1. The predicted octanol–water partition coefficient (Wildman–Crippen LogP) is 1.93. The summed E-state index contributed by atoms with van der Waals surface area (Å²) in [5.74, 6) is 0.887. The summed E-state index contributed by atoms with van der Waals surface area (Å²) in [6.07, 6.45) is 0.456. The lowest BCUT2D eigenvalue weighted by Gasteiger charge is -2.22. The first-order valence-corrected chi connectivity index (χ1v) is 7.59. The van der Waals surface area contributed by atoms with Gasteiger partial charge >= 0.3 is 0 Å². The molecule has 0 aliphatic carbocycles. The predicted molar refractivity (Wildman–Crippen MR) is 90.3 cm³/mol. The molecule has 0 aliphatic heterocycles. The highest BCUT2D eigenvalue weighted by Gasteiger charge is 2.08. The molecule has 116 valence electrons. The van der Waals surface area contributed by atoms with Crippen LogP contribution in [0, 0.1) is 0 Å². The van der Waals surface area contributed by atoms with Crippen LogP contribution in [0.5, 0.6) is 0 Å². The van der Waals surface area contributed by atoms with Crippen LogP contribution in [0.4, 0.5) is 0 Å². The van der Waals surface area contributed by atoms with E-state index in [1.54, 1.807) is 26.0 Å². The normalized spacial score (nSPS) is 11.2. The van der Waals surface area contributed by atoms with Gasteiger partial charge in [0, 0.05) is 52.2 Å². The molecule has 0 fully saturated rings. The number of nitrogens with one attached hydrogen (secondary N) is 1. The minimum atomic E-state index is 0.105. The lowest BCUT2D eigenvalue weighted by molar-refractivity contribution is -0.128. The second-order valence-electron chi connectivity index (χ2n) is 4.99. The van der Waals surface area contributed by atoms with Gasteiger partial charge in [0.1, 0.15) is 0 Å². The molecule has 0 saturated carbocycles. The van der Waals surface area contributed by atoms with Crippen molar-refractivity contribution < 1.29 is 4.79 Å². The third kappa shape index (κ3) is 6.16. The number of benzene rings is 1. The Morgan fingerprint density at radius 1 is 1.24 bits per heavy atom.